The third-order valence-corrected chi connectivity index (χ3v) is 4.14. The lowest BCUT2D eigenvalue weighted by atomic mass is 10.1. The maximum absolute atomic E-state index is 13.2. The van der Waals surface area contributed by atoms with Crippen LogP contribution in [-0.2, 0) is 6.61 Å². The standard InChI is InChI=1S/C19H21FN2O2/c1-14-12-21-8-9-22(14)19(23)16-5-2-4-15(10-16)13-24-18-7-3-6-17(20)11-18/h2-7,10-11,14,21H,8-9,12-13H2,1H3. The lowest BCUT2D eigenvalue weighted by molar-refractivity contribution is 0.0655. The van der Waals surface area contributed by atoms with Gasteiger partial charge in [-0.2, -0.15) is 0 Å². The van der Waals surface area contributed by atoms with E-state index in [0.29, 0.717) is 24.5 Å². The molecular formula is C19H21FN2O2. The van der Waals surface area contributed by atoms with E-state index >= 15 is 0 Å². The van der Waals surface area contributed by atoms with E-state index in [0.717, 1.165) is 18.7 Å². The van der Waals surface area contributed by atoms with E-state index in [2.05, 4.69) is 5.32 Å². The van der Waals surface area contributed by atoms with Gasteiger partial charge in [0, 0.05) is 37.3 Å². The largest absolute Gasteiger partial charge is 0.489 e. The molecule has 1 N–H and O–H groups in total. The Morgan fingerprint density at radius 3 is 2.92 bits per heavy atom. The summed E-state index contributed by atoms with van der Waals surface area (Å²) in [6, 6.07) is 13.6. The number of carbonyl (C=O) groups is 1. The molecule has 1 fully saturated rings. The topological polar surface area (TPSA) is 41.6 Å². The quantitative estimate of drug-likeness (QED) is 0.938. The monoisotopic (exact) mass is 328 g/mol. The van der Waals surface area contributed by atoms with Crippen molar-refractivity contribution in [2.45, 2.75) is 19.6 Å². The second-order valence-electron chi connectivity index (χ2n) is 6.00. The van der Waals surface area contributed by atoms with Crippen molar-refractivity contribution >= 4 is 5.91 Å². The lowest BCUT2D eigenvalue weighted by Crippen LogP contribution is -2.52. The van der Waals surface area contributed by atoms with Gasteiger partial charge in [0.1, 0.15) is 18.2 Å². The third kappa shape index (κ3) is 3.92. The molecule has 4 nitrogen and oxygen atoms in total. The molecule has 1 saturated heterocycles. The normalized spacial score (nSPS) is 17.6. The SMILES string of the molecule is CC1CNCCN1C(=O)c1cccc(COc2cccc(F)c2)c1. The first-order valence-corrected chi connectivity index (χ1v) is 8.12. The number of rotatable bonds is 4. The molecule has 0 radical (unpaired) electrons. The Kier molecular flexibility index (Phi) is 5.11. The molecule has 126 valence electrons. The summed E-state index contributed by atoms with van der Waals surface area (Å²) in [6.07, 6.45) is 0. The highest BCUT2D eigenvalue weighted by Crippen LogP contribution is 2.16. The Balaban J connectivity index is 1.68. The zero-order chi connectivity index (χ0) is 16.9. The predicted octanol–water partition coefficient (Wildman–Crippen LogP) is 2.84. The highest BCUT2D eigenvalue weighted by molar-refractivity contribution is 5.94. The Morgan fingerprint density at radius 1 is 1.29 bits per heavy atom. The van der Waals surface area contributed by atoms with E-state index in [-0.39, 0.29) is 17.8 Å². The number of nitrogens with one attached hydrogen (secondary N) is 1. The van der Waals surface area contributed by atoms with E-state index in [1.807, 2.05) is 36.1 Å². The number of hydrogen-bond acceptors (Lipinski definition) is 3. The van der Waals surface area contributed by atoms with Crippen LogP contribution in [0.4, 0.5) is 4.39 Å². The van der Waals surface area contributed by atoms with E-state index in [4.69, 9.17) is 4.74 Å². The van der Waals surface area contributed by atoms with Gasteiger partial charge in [0.2, 0.25) is 0 Å². The van der Waals surface area contributed by atoms with Crippen LogP contribution in [0.2, 0.25) is 0 Å². The van der Waals surface area contributed by atoms with Crippen LogP contribution in [0, 0.1) is 5.82 Å². The summed E-state index contributed by atoms with van der Waals surface area (Å²) in [4.78, 5) is 14.6. The number of nitrogens with zero attached hydrogens (tertiary/aromatic N) is 1. The molecule has 5 heteroatoms. The third-order valence-electron chi connectivity index (χ3n) is 4.14. The zero-order valence-corrected chi connectivity index (χ0v) is 13.7. The molecule has 1 aliphatic heterocycles. The van der Waals surface area contributed by atoms with Gasteiger partial charge in [0.05, 0.1) is 0 Å². The highest BCUT2D eigenvalue weighted by Gasteiger charge is 2.24. The molecule has 0 aliphatic carbocycles. The van der Waals surface area contributed by atoms with Gasteiger partial charge in [-0.15, -0.1) is 0 Å². The Labute approximate surface area is 141 Å². The summed E-state index contributed by atoms with van der Waals surface area (Å²) >= 11 is 0. The fraction of sp³-hybridized carbons (Fsp3) is 0.316. The molecule has 0 aromatic heterocycles. The van der Waals surface area contributed by atoms with Crippen molar-refractivity contribution in [1.29, 1.82) is 0 Å². The second kappa shape index (κ2) is 7.45. The molecule has 2 aromatic carbocycles. The van der Waals surface area contributed by atoms with Crippen molar-refractivity contribution in [1.82, 2.24) is 10.2 Å². The Bertz CT molecular complexity index is 720. The minimum Gasteiger partial charge on any atom is -0.489 e. The summed E-state index contributed by atoms with van der Waals surface area (Å²) in [5.74, 6) is 0.184. The van der Waals surface area contributed by atoms with Crippen LogP contribution in [0.25, 0.3) is 0 Å². The van der Waals surface area contributed by atoms with Gasteiger partial charge in [0.25, 0.3) is 5.91 Å². The average Bonchev–Trinajstić information content (AvgIpc) is 2.60. The number of benzene rings is 2. The molecule has 1 heterocycles. The summed E-state index contributed by atoms with van der Waals surface area (Å²) in [7, 11) is 0. The fourth-order valence-corrected chi connectivity index (χ4v) is 2.83. The van der Waals surface area contributed by atoms with Crippen LogP contribution in [0.5, 0.6) is 5.75 Å². The second-order valence-corrected chi connectivity index (χ2v) is 6.00. The average molecular weight is 328 g/mol. The lowest BCUT2D eigenvalue weighted by Gasteiger charge is -2.34. The first-order chi connectivity index (χ1) is 11.6. The van der Waals surface area contributed by atoms with Crippen molar-refractivity contribution in [2.24, 2.45) is 0 Å². The predicted molar refractivity (Wildman–Crippen MR) is 90.5 cm³/mol. The molecule has 0 spiro atoms. The maximum Gasteiger partial charge on any atom is 0.254 e. The molecule has 1 aliphatic rings. The smallest absolute Gasteiger partial charge is 0.254 e. The number of piperazine rings is 1. The minimum absolute atomic E-state index is 0.0385. The van der Waals surface area contributed by atoms with Crippen LogP contribution in [-0.4, -0.2) is 36.5 Å². The maximum atomic E-state index is 13.2. The Hall–Kier alpha value is -2.40. The molecule has 24 heavy (non-hydrogen) atoms. The van der Waals surface area contributed by atoms with Crippen molar-refractivity contribution < 1.29 is 13.9 Å². The van der Waals surface area contributed by atoms with Gasteiger partial charge in [0.15, 0.2) is 0 Å². The first kappa shape index (κ1) is 16.5. The summed E-state index contributed by atoms with van der Waals surface area (Å²) in [5, 5.41) is 3.28. The number of halogens is 1. The van der Waals surface area contributed by atoms with Crippen molar-refractivity contribution in [3.8, 4) is 5.75 Å². The van der Waals surface area contributed by atoms with Crippen molar-refractivity contribution in [3.05, 3.63) is 65.5 Å². The summed E-state index contributed by atoms with van der Waals surface area (Å²) in [6.45, 7) is 4.68. The van der Waals surface area contributed by atoms with Crippen LogP contribution < -0.4 is 10.1 Å². The van der Waals surface area contributed by atoms with Crippen LogP contribution in [0.15, 0.2) is 48.5 Å². The van der Waals surface area contributed by atoms with Crippen LogP contribution >= 0.6 is 0 Å². The first-order valence-electron chi connectivity index (χ1n) is 8.12. The number of carbonyl (C=O) groups excluding carboxylic acids is 1. The van der Waals surface area contributed by atoms with E-state index in [1.165, 1.54) is 12.1 Å². The van der Waals surface area contributed by atoms with Gasteiger partial charge < -0.3 is 15.0 Å². The van der Waals surface area contributed by atoms with Gasteiger partial charge in [-0.05, 0) is 36.8 Å². The molecule has 1 amide bonds. The van der Waals surface area contributed by atoms with Crippen molar-refractivity contribution in [3.63, 3.8) is 0 Å². The molecule has 0 saturated carbocycles. The van der Waals surface area contributed by atoms with E-state index in [9.17, 15) is 9.18 Å². The van der Waals surface area contributed by atoms with Gasteiger partial charge in [-0.3, -0.25) is 4.79 Å². The highest BCUT2D eigenvalue weighted by atomic mass is 19.1. The molecule has 1 atom stereocenters. The number of ether oxygens (including phenoxy) is 1. The zero-order valence-electron chi connectivity index (χ0n) is 13.7. The molecular weight excluding hydrogens is 307 g/mol. The van der Waals surface area contributed by atoms with E-state index < -0.39 is 0 Å². The number of hydrogen-bond donors (Lipinski definition) is 1. The molecule has 2 aromatic rings. The molecule has 0 bridgehead atoms. The summed E-state index contributed by atoms with van der Waals surface area (Å²) < 4.78 is 18.8. The van der Waals surface area contributed by atoms with Gasteiger partial charge >= 0.3 is 0 Å². The Morgan fingerprint density at radius 2 is 2.12 bits per heavy atom. The van der Waals surface area contributed by atoms with Gasteiger partial charge in [-0.1, -0.05) is 18.2 Å². The number of amides is 1. The van der Waals surface area contributed by atoms with Crippen molar-refractivity contribution in [2.75, 3.05) is 19.6 Å². The van der Waals surface area contributed by atoms with E-state index in [1.54, 1.807) is 12.1 Å². The van der Waals surface area contributed by atoms with Crippen LogP contribution in [0.1, 0.15) is 22.8 Å². The molecule has 1 unspecified atom stereocenters. The summed E-state index contributed by atoms with van der Waals surface area (Å²) in [5.41, 5.74) is 1.54. The minimum atomic E-state index is -0.330. The molecule has 3 rings (SSSR count). The fourth-order valence-electron chi connectivity index (χ4n) is 2.83. The van der Waals surface area contributed by atoms with Crippen LogP contribution in [0.3, 0.4) is 0 Å². The van der Waals surface area contributed by atoms with Gasteiger partial charge in [-0.25, -0.2) is 4.39 Å².